The van der Waals surface area contributed by atoms with Crippen LogP contribution in [0.2, 0.25) is 0 Å². The number of fused-ring (bicyclic) bond motifs is 1. The van der Waals surface area contributed by atoms with Crippen LogP contribution in [0.4, 0.5) is 0 Å². The van der Waals surface area contributed by atoms with Crippen LogP contribution in [0.15, 0.2) is 27.7 Å². The lowest BCUT2D eigenvalue weighted by molar-refractivity contribution is 0.480. The Morgan fingerprint density at radius 3 is 3.00 bits per heavy atom. The molecule has 0 atom stereocenters. The van der Waals surface area contributed by atoms with E-state index in [0.717, 1.165) is 0 Å². The van der Waals surface area contributed by atoms with Crippen LogP contribution in [0, 0.1) is 0 Å². The highest BCUT2D eigenvalue weighted by Crippen LogP contribution is 2.24. The molecule has 0 saturated carbocycles. The third kappa shape index (κ3) is 1.31. The summed E-state index contributed by atoms with van der Waals surface area (Å²) >= 11 is 3.20. The Morgan fingerprint density at radius 1 is 1.46 bits per heavy atom. The summed E-state index contributed by atoms with van der Waals surface area (Å²) in [7, 11) is 0. The first-order valence-electron chi connectivity index (χ1n) is 3.54. The molecule has 1 aromatic heterocycles. The molecule has 2 rings (SSSR count). The van der Waals surface area contributed by atoms with Crippen LogP contribution in [-0.2, 0) is 0 Å². The molecule has 2 N–H and O–H groups in total. The van der Waals surface area contributed by atoms with E-state index in [0.29, 0.717) is 9.99 Å². The van der Waals surface area contributed by atoms with Crippen molar-refractivity contribution in [3.05, 3.63) is 33.3 Å². The van der Waals surface area contributed by atoms with E-state index in [2.05, 4.69) is 25.9 Å². The zero-order chi connectivity index (χ0) is 9.42. The maximum absolute atomic E-state index is 11.2. The number of aromatic nitrogens is 2. The number of phenolic OH excluding ortho intramolecular Hbond substituents is 1. The number of benzene rings is 1. The van der Waals surface area contributed by atoms with E-state index >= 15 is 0 Å². The minimum atomic E-state index is -0.338. The quantitative estimate of drug-likeness (QED) is 0.732. The smallest absolute Gasteiger partial charge is 0.262 e. The number of hydrogen-bond donors (Lipinski definition) is 2. The summed E-state index contributed by atoms with van der Waals surface area (Å²) in [5.41, 5.74) is 0.130. The number of aromatic hydroxyl groups is 1. The Hall–Kier alpha value is -1.36. The summed E-state index contributed by atoms with van der Waals surface area (Å²) in [4.78, 5) is 17.6. The van der Waals surface area contributed by atoms with Crippen molar-refractivity contribution in [1.82, 2.24) is 9.97 Å². The van der Waals surface area contributed by atoms with Crippen molar-refractivity contribution in [1.29, 1.82) is 0 Å². The van der Waals surface area contributed by atoms with Crippen molar-refractivity contribution < 1.29 is 5.11 Å². The fourth-order valence-corrected chi connectivity index (χ4v) is 1.58. The van der Waals surface area contributed by atoms with Gasteiger partial charge in [-0.2, -0.15) is 0 Å². The van der Waals surface area contributed by atoms with Crippen molar-refractivity contribution in [2.24, 2.45) is 0 Å². The minimum absolute atomic E-state index is 0.0706. The second-order valence-electron chi connectivity index (χ2n) is 2.55. The maximum Gasteiger partial charge on any atom is 0.262 e. The summed E-state index contributed by atoms with van der Waals surface area (Å²) in [5.74, 6) is -0.0706. The molecular weight excluding hydrogens is 236 g/mol. The van der Waals surface area contributed by atoms with Gasteiger partial charge in [0, 0.05) is 4.47 Å². The first-order valence-corrected chi connectivity index (χ1v) is 4.33. The Bertz CT molecular complexity index is 521. The fraction of sp³-hybridized carbons (Fsp3) is 0. The van der Waals surface area contributed by atoms with E-state index in [9.17, 15) is 9.90 Å². The fourth-order valence-electron chi connectivity index (χ4n) is 1.15. The monoisotopic (exact) mass is 240 g/mol. The molecule has 5 heteroatoms. The van der Waals surface area contributed by atoms with Crippen molar-refractivity contribution in [3.8, 4) is 5.75 Å². The zero-order valence-electron chi connectivity index (χ0n) is 6.41. The molecule has 0 fully saturated rings. The lowest BCUT2D eigenvalue weighted by Gasteiger charge is -1.98. The lowest BCUT2D eigenvalue weighted by atomic mass is 10.2. The molecule has 0 bridgehead atoms. The highest BCUT2D eigenvalue weighted by atomic mass is 79.9. The topological polar surface area (TPSA) is 66.0 Å². The molecule has 0 aliphatic carbocycles. The Morgan fingerprint density at radius 2 is 2.23 bits per heavy atom. The first-order chi connectivity index (χ1) is 6.18. The highest BCUT2D eigenvalue weighted by Gasteiger charge is 2.05. The molecule has 13 heavy (non-hydrogen) atoms. The van der Waals surface area contributed by atoms with Gasteiger partial charge in [-0.3, -0.25) is 4.79 Å². The number of nitrogens with zero attached hydrogens (tertiary/aromatic N) is 1. The third-order valence-corrected chi connectivity index (χ3v) is 2.15. The Labute approximate surface area is 81.4 Å². The van der Waals surface area contributed by atoms with Crippen LogP contribution >= 0.6 is 15.9 Å². The maximum atomic E-state index is 11.2. The number of halogens is 1. The van der Waals surface area contributed by atoms with E-state index in [1.54, 1.807) is 6.07 Å². The number of hydrogen-bond acceptors (Lipinski definition) is 3. The van der Waals surface area contributed by atoms with Crippen LogP contribution < -0.4 is 5.56 Å². The molecule has 1 heterocycles. The number of nitrogens with one attached hydrogen (secondary N) is 1. The molecule has 0 radical (unpaired) electrons. The van der Waals surface area contributed by atoms with Crippen molar-refractivity contribution in [3.63, 3.8) is 0 Å². The van der Waals surface area contributed by atoms with E-state index in [-0.39, 0.29) is 16.7 Å². The molecule has 0 aliphatic rings. The van der Waals surface area contributed by atoms with Gasteiger partial charge < -0.3 is 10.1 Å². The van der Waals surface area contributed by atoms with Crippen LogP contribution in [-0.4, -0.2) is 15.1 Å². The highest BCUT2D eigenvalue weighted by molar-refractivity contribution is 9.10. The Kier molecular flexibility index (Phi) is 1.81. The molecule has 0 aliphatic heterocycles. The second-order valence-corrected chi connectivity index (χ2v) is 3.47. The standard InChI is InChI=1S/C8H5BrN2O2/c9-4-1-5-7(6(12)2-4)8(13)11-3-10-5/h1-3,12H,(H,10,11,13). The van der Waals surface area contributed by atoms with Gasteiger partial charge in [-0.1, -0.05) is 15.9 Å². The van der Waals surface area contributed by atoms with Gasteiger partial charge in [0.05, 0.1) is 11.8 Å². The molecule has 0 saturated heterocycles. The van der Waals surface area contributed by atoms with Gasteiger partial charge in [0.2, 0.25) is 0 Å². The van der Waals surface area contributed by atoms with Crippen LogP contribution in [0.5, 0.6) is 5.75 Å². The van der Waals surface area contributed by atoms with E-state index in [1.807, 2.05) is 0 Å². The van der Waals surface area contributed by atoms with Gasteiger partial charge in [-0.15, -0.1) is 0 Å². The molecular formula is C8H5BrN2O2. The van der Waals surface area contributed by atoms with Crippen LogP contribution in [0.1, 0.15) is 0 Å². The number of rotatable bonds is 0. The number of H-pyrrole nitrogens is 1. The number of phenols is 1. The van der Waals surface area contributed by atoms with E-state index < -0.39 is 0 Å². The van der Waals surface area contributed by atoms with Crippen molar-refractivity contribution in [2.75, 3.05) is 0 Å². The summed E-state index contributed by atoms with van der Waals surface area (Å²) in [5, 5.41) is 9.66. The SMILES string of the molecule is O=c1[nH]cnc2cc(Br)cc(O)c12. The average molecular weight is 241 g/mol. The molecule has 4 nitrogen and oxygen atoms in total. The van der Waals surface area contributed by atoms with Gasteiger partial charge in [-0.05, 0) is 12.1 Å². The summed E-state index contributed by atoms with van der Waals surface area (Å²) in [6, 6.07) is 3.13. The van der Waals surface area contributed by atoms with Gasteiger partial charge in [0.15, 0.2) is 0 Å². The lowest BCUT2D eigenvalue weighted by Crippen LogP contribution is -2.06. The molecule has 2 aromatic rings. The Balaban J connectivity index is 3.03. The van der Waals surface area contributed by atoms with Crippen molar-refractivity contribution in [2.45, 2.75) is 0 Å². The largest absolute Gasteiger partial charge is 0.507 e. The third-order valence-electron chi connectivity index (χ3n) is 1.69. The van der Waals surface area contributed by atoms with Crippen LogP contribution in [0.25, 0.3) is 10.9 Å². The first kappa shape index (κ1) is 8.25. The predicted octanol–water partition coefficient (Wildman–Crippen LogP) is 1.39. The zero-order valence-corrected chi connectivity index (χ0v) is 8.00. The van der Waals surface area contributed by atoms with Gasteiger partial charge >= 0.3 is 0 Å². The number of aromatic amines is 1. The molecule has 66 valence electrons. The molecule has 0 spiro atoms. The van der Waals surface area contributed by atoms with Gasteiger partial charge in [-0.25, -0.2) is 4.98 Å². The van der Waals surface area contributed by atoms with Gasteiger partial charge in [0.1, 0.15) is 11.1 Å². The van der Waals surface area contributed by atoms with E-state index in [1.165, 1.54) is 12.4 Å². The van der Waals surface area contributed by atoms with E-state index in [4.69, 9.17) is 0 Å². The summed E-state index contributed by atoms with van der Waals surface area (Å²) in [6.07, 6.45) is 1.30. The average Bonchev–Trinajstić information content (AvgIpc) is 2.02. The molecule has 0 unspecified atom stereocenters. The van der Waals surface area contributed by atoms with Crippen LogP contribution in [0.3, 0.4) is 0 Å². The summed E-state index contributed by atoms with van der Waals surface area (Å²) < 4.78 is 0.690. The second kappa shape index (κ2) is 2.85. The summed E-state index contributed by atoms with van der Waals surface area (Å²) in [6.45, 7) is 0. The normalized spacial score (nSPS) is 10.5. The molecule has 1 aromatic carbocycles. The molecule has 0 amide bonds. The van der Waals surface area contributed by atoms with Crippen molar-refractivity contribution >= 4 is 26.8 Å². The minimum Gasteiger partial charge on any atom is -0.507 e. The van der Waals surface area contributed by atoms with Gasteiger partial charge in [0.25, 0.3) is 5.56 Å². The predicted molar refractivity (Wildman–Crippen MR) is 51.7 cm³/mol.